The Morgan fingerprint density at radius 3 is 3.00 bits per heavy atom. The number of para-hydroxylation sites is 1. The minimum Gasteiger partial charge on any atom is -0.861 e. The molecular formula is C15H15N5O3S. The lowest BCUT2D eigenvalue weighted by Crippen LogP contribution is -2.32. The minimum atomic E-state index is -0.387. The molecule has 0 aliphatic rings. The van der Waals surface area contributed by atoms with Gasteiger partial charge in [0.15, 0.2) is 11.7 Å². The van der Waals surface area contributed by atoms with Crippen molar-refractivity contribution in [1.82, 2.24) is 14.8 Å². The maximum Gasteiger partial charge on any atom is 0.320 e. The zero-order valence-electron chi connectivity index (χ0n) is 13.2. The molecule has 1 aromatic carbocycles. The Morgan fingerprint density at radius 1 is 1.46 bits per heavy atom. The van der Waals surface area contributed by atoms with E-state index in [1.807, 2.05) is 13.0 Å². The number of hydrogen-bond acceptors (Lipinski definition) is 7. The average Bonchev–Trinajstić information content (AvgIpc) is 3.04. The molecule has 0 saturated heterocycles. The molecule has 0 saturated carbocycles. The Kier molecular flexibility index (Phi) is 4.61. The number of benzene rings is 1. The van der Waals surface area contributed by atoms with Gasteiger partial charge in [0.25, 0.3) is 11.8 Å². The lowest BCUT2D eigenvalue weighted by molar-refractivity contribution is -0.759. The maximum absolute atomic E-state index is 12.3. The van der Waals surface area contributed by atoms with Crippen molar-refractivity contribution in [2.24, 2.45) is 12.0 Å². The molecule has 0 spiro atoms. The maximum atomic E-state index is 12.3. The molecule has 0 fully saturated rings. The van der Waals surface area contributed by atoms with E-state index >= 15 is 0 Å². The van der Waals surface area contributed by atoms with Crippen LogP contribution in [0.15, 0.2) is 49.9 Å². The molecule has 0 amide bonds. The second kappa shape index (κ2) is 6.83. The van der Waals surface area contributed by atoms with Crippen LogP contribution in [0, 0.1) is 0 Å². The van der Waals surface area contributed by atoms with Crippen molar-refractivity contribution in [1.29, 1.82) is 0 Å². The first-order valence-corrected chi connectivity index (χ1v) is 8.26. The molecule has 24 heavy (non-hydrogen) atoms. The summed E-state index contributed by atoms with van der Waals surface area (Å²) in [6, 6.07) is 7.11. The topological polar surface area (TPSA) is 100 Å². The quantitative estimate of drug-likeness (QED) is 0.218. The smallest absolute Gasteiger partial charge is 0.320 e. The van der Waals surface area contributed by atoms with Crippen LogP contribution < -0.4 is 15.3 Å². The fourth-order valence-corrected chi connectivity index (χ4v) is 2.83. The van der Waals surface area contributed by atoms with E-state index in [0.29, 0.717) is 22.6 Å². The van der Waals surface area contributed by atoms with E-state index in [2.05, 4.69) is 15.2 Å². The number of nitrogens with zero attached hydrogens (tertiary/aromatic N) is 5. The van der Waals surface area contributed by atoms with Crippen molar-refractivity contribution >= 4 is 34.4 Å². The summed E-state index contributed by atoms with van der Waals surface area (Å²) in [6.45, 7) is 2.53. The highest BCUT2D eigenvalue weighted by molar-refractivity contribution is 7.99. The second-order valence-electron chi connectivity index (χ2n) is 4.97. The Hall–Kier alpha value is -2.68. The molecule has 124 valence electrons. The van der Waals surface area contributed by atoms with Gasteiger partial charge in [-0.3, -0.25) is 13.9 Å². The van der Waals surface area contributed by atoms with Gasteiger partial charge in [-0.05, 0) is 25.0 Å². The largest absolute Gasteiger partial charge is 0.861 e. The van der Waals surface area contributed by atoms with Crippen LogP contribution in [0.4, 0.5) is 5.88 Å². The van der Waals surface area contributed by atoms with Gasteiger partial charge in [0.2, 0.25) is 5.27 Å². The predicted molar refractivity (Wildman–Crippen MR) is 87.2 cm³/mol. The summed E-state index contributed by atoms with van der Waals surface area (Å²) in [5.41, 5.74) is 0.457. The third kappa shape index (κ3) is 3.30. The molecule has 9 heteroatoms. The van der Waals surface area contributed by atoms with Crippen LogP contribution in [0.2, 0.25) is 0 Å². The Labute approximate surface area is 141 Å². The molecule has 2 aromatic heterocycles. The molecular weight excluding hydrogens is 330 g/mol. The van der Waals surface area contributed by atoms with E-state index in [0.717, 1.165) is 11.8 Å². The minimum absolute atomic E-state index is 0.0471. The van der Waals surface area contributed by atoms with Crippen LogP contribution in [-0.4, -0.2) is 26.5 Å². The van der Waals surface area contributed by atoms with Crippen molar-refractivity contribution in [3.63, 3.8) is 0 Å². The van der Waals surface area contributed by atoms with Crippen molar-refractivity contribution < 1.29 is 14.3 Å². The van der Waals surface area contributed by atoms with E-state index in [1.54, 1.807) is 31.4 Å². The normalized spacial score (nSPS) is 12.0. The number of rotatable bonds is 5. The third-order valence-corrected chi connectivity index (χ3v) is 4.34. The molecule has 0 N–H and O–H groups in total. The van der Waals surface area contributed by atoms with E-state index in [9.17, 15) is 9.90 Å². The van der Waals surface area contributed by atoms with Gasteiger partial charge in [0.1, 0.15) is 0 Å². The van der Waals surface area contributed by atoms with Crippen LogP contribution in [-0.2, 0) is 13.6 Å². The van der Waals surface area contributed by atoms with Crippen LogP contribution >= 0.6 is 11.8 Å². The number of aromatic nitrogens is 4. The Balaban J connectivity index is 1.80. The summed E-state index contributed by atoms with van der Waals surface area (Å²) >= 11 is 1.16. The van der Waals surface area contributed by atoms with Gasteiger partial charge in [-0.15, -0.1) is 0 Å². The first-order valence-electron chi connectivity index (χ1n) is 7.28. The van der Waals surface area contributed by atoms with E-state index in [4.69, 9.17) is 4.52 Å². The molecule has 0 aliphatic carbocycles. The van der Waals surface area contributed by atoms with Gasteiger partial charge < -0.3 is 5.11 Å². The summed E-state index contributed by atoms with van der Waals surface area (Å²) in [5, 5.41) is 16.6. The number of thioether (sulfide) groups is 1. The molecule has 3 aromatic rings. The zero-order valence-corrected chi connectivity index (χ0v) is 14.0. The number of fused-ring (bicyclic) bond motifs is 1. The van der Waals surface area contributed by atoms with Gasteiger partial charge in [-0.1, -0.05) is 28.6 Å². The average molecular weight is 345 g/mol. The molecule has 0 radical (unpaired) electrons. The monoisotopic (exact) mass is 345 g/mol. The third-order valence-electron chi connectivity index (χ3n) is 3.32. The van der Waals surface area contributed by atoms with Gasteiger partial charge in [-0.25, -0.2) is 9.98 Å². The van der Waals surface area contributed by atoms with E-state index < -0.39 is 0 Å². The van der Waals surface area contributed by atoms with Gasteiger partial charge in [0, 0.05) is 12.8 Å². The van der Waals surface area contributed by atoms with Crippen molar-refractivity contribution in [3.8, 4) is 0 Å². The predicted octanol–water partition coefficient (Wildman–Crippen LogP) is 0.411. The molecule has 0 unspecified atom stereocenters. The second-order valence-corrected chi connectivity index (χ2v) is 5.91. The summed E-state index contributed by atoms with van der Waals surface area (Å²) in [5.74, 6) is -0.185. The van der Waals surface area contributed by atoms with Crippen LogP contribution in [0.3, 0.4) is 0 Å². The fraction of sp³-hybridized carbons (Fsp3) is 0.267. The first-order chi connectivity index (χ1) is 11.6. The molecule has 3 rings (SSSR count). The van der Waals surface area contributed by atoms with Crippen LogP contribution in [0.1, 0.15) is 6.92 Å². The lowest BCUT2D eigenvalue weighted by atomic mass is 10.2. The van der Waals surface area contributed by atoms with Crippen LogP contribution in [0.25, 0.3) is 10.9 Å². The summed E-state index contributed by atoms with van der Waals surface area (Å²) in [6.07, 6.45) is 1.55. The van der Waals surface area contributed by atoms with Crippen molar-refractivity contribution in [2.75, 3.05) is 5.75 Å². The van der Waals surface area contributed by atoms with Crippen molar-refractivity contribution in [3.05, 3.63) is 40.8 Å². The molecule has 0 bridgehead atoms. The number of hydrogen-bond donors (Lipinski definition) is 0. The number of aryl methyl sites for hydroxylation is 1. The molecule has 2 heterocycles. The van der Waals surface area contributed by atoms with Gasteiger partial charge in [0.05, 0.1) is 10.9 Å². The fourth-order valence-electron chi connectivity index (χ4n) is 2.08. The first kappa shape index (κ1) is 16.2. The number of aliphatic imine (C=N–C) groups is 1. The highest BCUT2D eigenvalue weighted by Crippen LogP contribution is 2.17. The zero-order chi connectivity index (χ0) is 17.1. The Bertz CT molecular complexity index is 963. The highest BCUT2D eigenvalue weighted by Gasteiger charge is 2.09. The van der Waals surface area contributed by atoms with Crippen molar-refractivity contribution in [2.45, 2.75) is 18.6 Å². The molecule has 0 atom stereocenters. The summed E-state index contributed by atoms with van der Waals surface area (Å²) < 4.78 is 7.89. The summed E-state index contributed by atoms with van der Waals surface area (Å²) in [7, 11) is 1.63. The van der Waals surface area contributed by atoms with Gasteiger partial charge in [-0.2, -0.15) is 0 Å². The van der Waals surface area contributed by atoms with Gasteiger partial charge >= 0.3 is 5.88 Å². The Morgan fingerprint density at radius 2 is 2.25 bits per heavy atom. The van der Waals surface area contributed by atoms with Crippen LogP contribution in [0.5, 0.6) is 0 Å². The standard InChI is InChI=1S/C15H15N5O3S/c1-3-20-8-13(23-18-20)17-12(21)9-24-15-16-11-7-5-4-6-10(11)14(22)19(15)2/h4-8H,3,9H2,1-2H3. The summed E-state index contributed by atoms with van der Waals surface area (Å²) in [4.78, 5) is 20.6. The SMILES string of the molecule is CC[n+]1cc(/N=C(\[O-])CSc2nc3ccccc3c(=O)n2C)on1. The molecule has 8 nitrogen and oxygen atoms in total. The highest BCUT2D eigenvalue weighted by atomic mass is 32.2. The van der Waals surface area contributed by atoms with E-state index in [1.165, 1.54) is 9.25 Å². The molecule has 0 aliphatic heterocycles. The lowest BCUT2D eigenvalue weighted by Gasteiger charge is -2.11. The van der Waals surface area contributed by atoms with E-state index in [-0.39, 0.29) is 23.1 Å².